The number of carbonyl (C=O) groups excluding carboxylic acids is 1. The Balaban J connectivity index is 1.51. The highest BCUT2D eigenvalue weighted by atomic mass is 32.2. The Bertz CT molecular complexity index is 2040. The lowest BCUT2D eigenvalue weighted by atomic mass is 9.91. The third kappa shape index (κ3) is 5.95. The van der Waals surface area contributed by atoms with Crippen molar-refractivity contribution < 1.29 is 13.9 Å². The summed E-state index contributed by atoms with van der Waals surface area (Å²) in [5, 5.41) is 1.18. The summed E-state index contributed by atoms with van der Waals surface area (Å²) in [5.74, 6) is 0.337. The fraction of sp³-hybridized carbons (Fsp3) is 0.206. The van der Waals surface area contributed by atoms with Crippen LogP contribution in [0.2, 0.25) is 0 Å². The van der Waals surface area contributed by atoms with Gasteiger partial charge in [0.1, 0.15) is 5.76 Å². The Labute approximate surface area is 262 Å². The number of hydrogen-bond acceptors (Lipinski definition) is 9. The monoisotopic (exact) mass is 622 g/mol. The van der Waals surface area contributed by atoms with Crippen LogP contribution in [0.5, 0.6) is 0 Å². The van der Waals surface area contributed by atoms with Gasteiger partial charge in [0.2, 0.25) is 0 Å². The standard InChI is InChI=1S/C34H30N4O4S2/c1-5-41-32(40)28-29(23-9-7-6-8-10-23)37-34-38(30(28)24-13-11-22(12-14-24)20(2)3)31(39)26(43-34)19-25-15-16-27(42-25)44-33-35-18-17-21(4)36-33/h6-20,30H,5H2,1-4H3/b26-19+/t30-/m1/s1. The predicted octanol–water partition coefficient (Wildman–Crippen LogP) is 5.90. The molecule has 4 heterocycles. The van der Waals surface area contributed by atoms with Crippen LogP contribution in [0.4, 0.5) is 0 Å². The second-order valence-electron chi connectivity index (χ2n) is 10.5. The maximum atomic E-state index is 14.1. The number of fused-ring (bicyclic) bond motifs is 1. The van der Waals surface area contributed by atoms with Crippen LogP contribution in [-0.2, 0) is 9.53 Å². The van der Waals surface area contributed by atoms with Crippen molar-refractivity contribution in [2.75, 3.05) is 6.61 Å². The van der Waals surface area contributed by atoms with Crippen molar-refractivity contribution in [2.24, 2.45) is 4.99 Å². The summed E-state index contributed by atoms with van der Waals surface area (Å²) >= 11 is 2.56. The first-order valence-electron chi connectivity index (χ1n) is 14.3. The molecule has 1 aliphatic heterocycles. The Morgan fingerprint density at radius 1 is 1.09 bits per heavy atom. The Morgan fingerprint density at radius 3 is 2.57 bits per heavy atom. The molecule has 10 heteroatoms. The van der Waals surface area contributed by atoms with Crippen LogP contribution in [0, 0.1) is 6.92 Å². The third-order valence-corrected chi connectivity index (χ3v) is 8.92. The van der Waals surface area contributed by atoms with E-state index in [4.69, 9.17) is 14.1 Å². The number of aromatic nitrogens is 3. The van der Waals surface area contributed by atoms with Gasteiger partial charge < -0.3 is 9.15 Å². The molecule has 0 fully saturated rings. The molecule has 0 unspecified atom stereocenters. The maximum Gasteiger partial charge on any atom is 0.338 e. The average Bonchev–Trinajstić information content (AvgIpc) is 3.59. The largest absolute Gasteiger partial charge is 0.463 e. The lowest BCUT2D eigenvalue weighted by molar-refractivity contribution is -0.138. The van der Waals surface area contributed by atoms with Crippen molar-refractivity contribution in [3.63, 3.8) is 0 Å². The number of esters is 1. The van der Waals surface area contributed by atoms with Crippen molar-refractivity contribution in [2.45, 2.75) is 49.9 Å². The van der Waals surface area contributed by atoms with Gasteiger partial charge in [-0.2, -0.15) is 0 Å². The molecule has 1 aliphatic rings. The van der Waals surface area contributed by atoms with Crippen LogP contribution in [-0.4, -0.2) is 27.1 Å². The topological polar surface area (TPSA) is 99.6 Å². The van der Waals surface area contributed by atoms with Gasteiger partial charge in [-0.25, -0.2) is 19.8 Å². The van der Waals surface area contributed by atoms with Gasteiger partial charge in [0.05, 0.1) is 28.5 Å². The fourth-order valence-electron chi connectivity index (χ4n) is 4.98. The molecule has 0 N–H and O–H groups in total. The minimum absolute atomic E-state index is 0.195. The summed E-state index contributed by atoms with van der Waals surface area (Å²) in [6, 6.07) is 22.3. The van der Waals surface area contributed by atoms with Crippen molar-refractivity contribution in [1.82, 2.24) is 14.5 Å². The number of hydrogen-bond donors (Lipinski definition) is 0. The highest BCUT2D eigenvalue weighted by Crippen LogP contribution is 2.35. The summed E-state index contributed by atoms with van der Waals surface area (Å²) < 4.78 is 13.6. The second kappa shape index (κ2) is 12.6. The van der Waals surface area contributed by atoms with Crippen LogP contribution in [0.25, 0.3) is 11.8 Å². The molecule has 2 aromatic carbocycles. The van der Waals surface area contributed by atoms with Gasteiger partial charge >= 0.3 is 5.97 Å². The Kier molecular flexibility index (Phi) is 8.45. The van der Waals surface area contributed by atoms with E-state index >= 15 is 0 Å². The van der Waals surface area contributed by atoms with Crippen molar-refractivity contribution in [1.29, 1.82) is 0 Å². The zero-order chi connectivity index (χ0) is 30.8. The number of nitrogens with zero attached hydrogens (tertiary/aromatic N) is 4. The van der Waals surface area contributed by atoms with E-state index < -0.39 is 12.0 Å². The predicted molar refractivity (Wildman–Crippen MR) is 171 cm³/mol. The molecular weight excluding hydrogens is 593 g/mol. The van der Waals surface area contributed by atoms with E-state index in [0.717, 1.165) is 22.4 Å². The molecule has 0 aliphatic carbocycles. The van der Waals surface area contributed by atoms with E-state index in [-0.39, 0.29) is 12.2 Å². The van der Waals surface area contributed by atoms with Crippen LogP contribution >= 0.6 is 23.1 Å². The summed E-state index contributed by atoms with van der Waals surface area (Å²) in [7, 11) is 0. The van der Waals surface area contributed by atoms with Gasteiger partial charge in [-0.15, -0.1) is 0 Å². The van der Waals surface area contributed by atoms with Gasteiger partial charge in [-0.05, 0) is 60.9 Å². The third-order valence-electron chi connectivity index (χ3n) is 7.13. The van der Waals surface area contributed by atoms with E-state index in [1.807, 2.05) is 73.7 Å². The van der Waals surface area contributed by atoms with Crippen molar-refractivity contribution >= 4 is 40.8 Å². The number of rotatable bonds is 8. The minimum Gasteiger partial charge on any atom is -0.463 e. The smallest absolute Gasteiger partial charge is 0.338 e. The Morgan fingerprint density at radius 2 is 1.86 bits per heavy atom. The summed E-state index contributed by atoms with van der Waals surface area (Å²) in [6.45, 7) is 8.12. The van der Waals surface area contributed by atoms with E-state index in [9.17, 15) is 9.59 Å². The van der Waals surface area contributed by atoms with E-state index in [2.05, 4.69) is 23.8 Å². The SMILES string of the molecule is CCOC(=O)C1=C(c2ccccc2)N=c2s/c(=C/c3ccc(Sc4nccc(C)n4)o3)c(=O)n2[C@@H]1c1ccc(C(C)C)cc1. The molecule has 1 atom stereocenters. The minimum atomic E-state index is -0.731. The highest BCUT2D eigenvalue weighted by Gasteiger charge is 2.35. The molecule has 5 aromatic rings. The van der Waals surface area contributed by atoms with Crippen molar-refractivity contribution in [3.05, 3.63) is 132 Å². The van der Waals surface area contributed by atoms with Gasteiger partial charge in [0.15, 0.2) is 15.1 Å². The lowest BCUT2D eigenvalue weighted by Gasteiger charge is -2.26. The molecule has 0 saturated carbocycles. The molecule has 0 radical (unpaired) electrons. The number of aryl methyl sites for hydroxylation is 1. The van der Waals surface area contributed by atoms with Crippen LogP contribution in [0.1, 0.15) is 60.9 Å². The van der Waals surface area contributed by atoms with Crippen molar-refractivity contribution in [3.8, 4) is 0 Å². The highest BCUT2D eigenvalue weighted by molar-refractivity contribution is 7.99. The normalized spacial score (nSPS) is 14.9. The number of benzene rings is 2. The zero-order valence-electron chi connectivity index (χ0n) is 24.7. The lowest BCUT2D eigenvalue weighted by Crippen LogP contribution is -2.40. The van der Waals surface area contributed by atoms with E-state index in [1.165, 1.54) is 23.1 Å². The molecule has 222 valence electrons. The summed E-state index contributed by atoms with van der Waals surface area (Å²) in [5.41, 5.74) is 4.13. The first-order chi connectivity index (χ1) is 21.3. The van der Waals surface area contributed by atoms with Crippen LogP contribution in [0.3, 0.4) is 0 Å². The van der Waals surface area contributed by atoms with Gasteiger partial charge in [0.25, 0.3) is 5.56 Å². The molecule has 0 spiro atoms. The molecule has 44 heavy (non-hydrogen) atoms. The zero-order valence-corrected chi connectivity index (χ0v) is 26.3. The summed E-state index contributed by atoms with van der Waals surface area (Å²) in [6.07, 6.45) is 3.41. The maximum absolute atomic E-state index is 14.1. The Hall–Kier alpha value is -4.54. The molecule has 6 rings (SSSR count). The van der Waals surface area contributed by atoms with Crippen LogP contribution in [0.15, 0.2) is 109 Å². The molecule has 0 saturated heterocycles. The fourth-order valence-corrected chi connectivity index (χ4v) is 6.72. The van der Waals surface area contributed by atoms with Gasteiger partial charge in [-0.3, -0.25) is 9.36 Å². The van der Waals surface area contributed by atoms with E-state index in [0.29, 0.717) is 42.5 Å². The molecule has 0 bridgehead atoms. The summed E-state index contributed by atoms with van der Waals surface area (Å²) in [4.78, 5) is 41.9. The van der Waals surface area contributed by atoms with Gasteiger partial charge in [-0.1, -0.05) is 79.8 Å². The van der Waals surface area contributed by atoms with Gasteiger partial charge in [0, 0.05) is 23.5 Å². The molecular formula is C34H30N4O4S2. The first kappa shape index (κ1) is 29.5. The quantitative estimate of drug-likeness (QED) is 0.157. The van der Waals surface area contributed by atoms with E-state index in [1.54, 1.807) is 29.8 Å². The number of ether oxygens (including phenoxy) is 1. The molecule has 8 nitrogen and oxygen atoms in total. The molecule has 3 aromatic heterocycles. The molecule has 0 amide bonds. The second-order valence-corrected chi connectivity index (χ2v) is 12.5. The number of furan rings is 1. The average molecular weight is 623 g/mol. The number of thiazole rings is 1. The number of carbonyl (C=O) groups is 1. The van der Waals surface area contributed by atoms with Crippen LogP contribution < -0.4 is 14.9 Å². The first-order valence-corrected chi connectivity index (χ1v) is 15.9.